The first-order valence-corrected chi connectivity index (χ1v) is 10.7. The topological polar surface area (TPSA) is 78.5 Å². The molecule has 0 radical (unpaired) electrons. The van der Waals surface area contributed by atoms with E-state index in [-0.39, 0.29) is 24.1 Å². The van der Waals surface area contributed by atoms with E-state index in [1.54, 1.807) is 28.8 Å². The highest BCUT2D eigenvalue weighted by atomic mass is 35.5. The summed E-state index contributed by atoms with van der Waals surface area (Å²) in [4.78, 5) is 38.4. The Morgan fingerprint density at radius 3 is 2.41 bits per heavy atom. The molecule has 0 aliphatic carbocycles. The van der Waals surface area contributed by atoms with Crippen LogP contribution in [0.4, 0.5) is 0 Å². The number of likely N-dealkylation sites (tertiary alicyclic amines) is 1. The van der Waals surface area contributed by atoms with Crippen molar-refractivity contribution in [2.45, 2.75) is 29.9 Å². The summed E-state index contributed by atoms with van der Waals surface area (Å²) in [6.07, 6.45) is 1.55. The number of amides is 3. The van der Waals surface area contributed by atoms with Crippen LogP contribution in [0.15, 0.2) is 53.4 Å². The first kappa shape index (κ1) is 21.2. The number of thioether (sulfide) groups is 1. The Bertz CT molecular complexity index is 872. The van der Waals surface area contributed by atoms with Gasteiger partial charge >= 0.3 is 0 Å². The van der Waals surface area contributed by atoms with Gasteiger partial charge in [-0.2, -0.15) is 0 Å². The average Bonchev–Trinajstić information content (AvgIpc) is 3.15. The zero-order valence-electron chi connectivity index (χ0n) is 15.8. The monoisotopic (exact) mass is 431 g/mol. The highest BCUT2D eigenvalue weighted by Crippen LogP contribution is 2.24. The molecule has 1 heterocycles. The van der Waals surface area contributed by atoms with Gasteiger partial charge in [-0.15, -0.1) is 11.8 Å². The number of carbonyl (C=O) groups is 3. The Hall–Kier alpha value is -2.51. The van der Waals surface area contributed by atoms with E-state index in [1.165, 1.54) is 0 Å². The van der Waals surface area contributed by atoms with Gasteiger partial charge in [0.05, 0.1) is 0 Å². The van der Waals surface area contributed by atoms with Crippen LogP contribution in [0.25, 0.3) is 0 Å². The summed E-state index contributed by atoms with van der Waals surface area (Å²) in [6, 6.07) is 14.9. The van der Waals surface area contributed by atoms with Crippen LogP contribution in [0.2, 0.25) is 5.02 Å². The number of benzene rings is 2. The molecule has 1 saturated heterocycles. The van der Waals surface area contributed by atoms with Crippen LogP contribution in [0.5, 0.6) is 0 Å². The van der Waals surface area contributed by atoms with Crippen LogP contribution in [0.1, 0.15) is 35.2 Å². The van der Waals surface area contributed by atoms with E-state index in [1.807, 2.05) is 36.4 Å². The van der Waals surface area contributed by atoms with Gasteiger partial charge in [0.2, 0.25) is 11.8 Å². The van der Waals surface area contributed by atoms with Gasteiger partial charge < -0.3 is 4.90 Å². The maximum Gasteiger partial charge on any atom is 0.269 e. The van der Waals surface area contributed by atoms with Gasteiger partial charge in [0.25, 0.3) is 5.91 Å². The fourth-order valence-electron chi connectivity index (χ4n) is 2.89. The van der Waals surface area contributed by atoms with Crippen LogP contribution in [0, 0.1) is 0 Å². The van der Waals surface area contributed by atoms with Gasteiger partial charge in [0, 0.05) is 47.2 Å². The maximum absolute atomic E-state index is 12.2. The highest BCUT2D eigenvalue weighted by Gasteiger charge is 2.20. The highest BCUT2D eigenvalue weighted by molar-refractivity contribution is 7.98. The second-order valence-corrected chi connectivity index (χ2v) is 8.16. The molecule has 29 heavy (non-hydrogen) atoms. The van der Waals surface area contributed by atoms with Crippen molar-refractivity contribution >= 4 is 41.1 Å². The summed E-state index contributed by atoms with van der Waals surface area (Å²) in [5.41, 5.74) is 6.35. The lowest BCUT2D eigenvalue weighted by Gasteiger charge is -2.15. The van der Waals surface area contributed by atoms with Crippen molar-refractivity contribution in [1.82, 2.24) is 15.8 Å². The van der Waals surface area contributed by atoms with E-state index in [0.29, 0.717) is 30.1 Å². The lowest BCUT2D eigenvalue weighted by Crippen LogP contribution is -2.42. The van der Waals surface area contributed by atoms with Crippen LogP contribution in [0.3, 0.4) is 0 Å². The molecule has 2 aromatic rings. The van der Waals surface area contributed by atoms with Crippen LogP contribution in [-0.4, -0.2) is 35.7 Å². The summed E-state index contributed by atoms with van der Waals surface area (Å²) in [5, 5.41) is 0.710. The number of halogens is 1. The van der Waals surface area contributed by atoms with Crippen molar-refractivity contribution in [3.8, 4) is 0 Å². The van der Waals surface area contributed by atoms with Gasteiger partial charge in [-0.1, -0.05) is 23.7 Å². The minimum absolute atomic E-state index is 0.0798. The summed E-state index contributed by atoms with van der Waals surface area (Å²) < 4.78 is 0. The molecule has 1 aliphatic heterocycles. The Morgan fingerprint density at radius 1 is 1.03 bits per heavy atom. The van der Waals surface area contributed by atoms with Gasteiger partial charge in [0.15, 0.2) is 0 Å². The van der Waals surface area contributed by atoms with E-state index in [4.69, 9.17) is 11.6 Å². The zero-order valence-corrected chi connectivity index (χ0v) is 17.4. The molecule has 3 rings (SSSR count). The van der Waals surface area contributed by atoms with E-state index in [0.717, 1.165) is 22.6 Å². The van der Waals surface area contributed by atoms with Crippen molar-refractivity contribution in [2.24, 2.45) is 0 Å². The number of hydrazine groups is 1. The van der Waals surface area contributed by atoms with E-state index >= 15 is 0 Å². The SMILES string of the molecule is O=C(CCN1CCCC1=O)NNC(=O)c1ccc(CSc2ccc(Cl)cc2)cc1. The maximum atomic E-state index is 12.2. The molecule has 6 nitrogen and oxygen atoms in total. The molecule has 152 valence electrons. The van der Waals surface area contributed by atoms with Gasteiger partial charge in [-0.05, 0) is 48.4 Å². The first-order chi connectivity index (χ1) is 14.0. The molecule has 0 saturated carbocycles. The molecule has 1 aliphatic rings. The van der Waals surface area contributed by atoms with Gasteiger partial charge in [-0.3, -0.25) is 25.2 Å². The molecular weight excluding hydrogens is 410 g/mol. The predicted molar refractivity (Wildman–Crippen MR) is 113 cm³/mol. The predicted octanol–water partition coefficient (Wildman–Crippen LogP) is 3.41. The van der Waals surface area contributed by atoms with E-state index in [9.17, 15) is 14.4 Å². The minimum Gasteiger partial charge on any atom is -0.342 e. The second kappa shape index (κ2) is 10.3. The molecule has 0 atom stereocenters. The quantitative estimate of drug-likeness (QED) is 0.520. The summed E-state index contributed by atoms with van der Waals surface area (Å²) >= 11 is 7.57. The van der Waals surface area contributed by atoms with Gasteiger partial charge in [-0.25, -0.2) is 0 Å². The average molecular weight is 432 g/mol. The molecule has 3 amide bonds. The van der Waals surface area contributed by atoms with Crippen molar-refractivity contribution in [1.29, 1.82) is 0 Å². The molecule has 0 bridgehead atoms. The Labute approximate surface area is 179 Å². The zero-order chi connectivity index (χ0) is 20.6. The fraction of sp³-hybridized carbons (Fsp3) is 0.286. The van der Waals surface area contributed by atoms with Crippen LogP contribution < -0.4 is 10.9 Å². The summed E-state index contributed by atoms with van der Waals surface area (Å²) in [5.74, 6) is 0.146. The first-order valence-electron chi connectivity index (χ1n) is 9.35. The smallest absolute Gasteiger partial charge is 0.269 e. The molecule has 0 unspecified atom stereocenters. The lowest BCUT2D eigenvalue weighted by molar-refractivity contribution is -0.128. The Morgan fingerprint density at radius 2 is 1.76 bits per heavy atom. The molecule has 0 spiro atoms. The number of hydrogen-bond donors (Lipinski definition) is 2. The van der Waals surface area contributed by atoms with E-state index < -0.39 is 0 Å². The van der Waals surface area contributed by atoms with Crippen molar-refractivity contribution in [2.75, 3.05) is 13.1 Å². The molecule has 8 heteroatoms. The van der Waals surface area contributed by atoms with Crippen molar-refractivity contribution in [3.63, 3.8) is 0 Å². The fourth-order valence-corrected chi connectivity index (χ4v) is 3.87. The standard InChI is InChI=1S/C21H22ClN3O3S/c22-17-7-9-18(10-8-17)29-14-15-3-5-16(6-4-15)21(28)24-23-19(26)11-13-25-12-1-2-20(25)27/h3-10H,1-2,11-14H2,(H,23,26)(H,24,28). The number of rotatable bonds is 7. The van der Waals surface area contributed by atoms with E-state index in [2.05, 4.69) is 10.9 Å². The largest absolute Gasteiger partial charge is 0.342 e. The summed E-state index contributed by atoms with van der Waals surface area (Å²) in [7, 11) is 0. The molecular formula is C21H22ClN3O3S. The normalized spacial score (nSPS) is 13.4. The third kappa shape index (κ3) is 6.51. The third-order valence-electron chi connectivity index (χ3n) is 4.53. The van der Waals surface area contributed by atoms with Crippen molar-refractivity contribution in [3.05, 3.63) is 64.7 Å². The minimum atomic E-state index is -0.382. The van der Waals surface area contributed by atoms with Crippen LogP contribution >= 0.6 is 23.4 Å². The Balaban J connectivity index is 1.40. The molecule has 0 aromatic heterocycles. The molecule has 2 aromatic carbocycles. The third-order valence-corrected chi connectivity index (χ3v) is 5.87. The Kier molecular flexibility index (Phi) is 7.55. The number of nitrogens with zero attached hydrogens (tertiary/aromatic N) is 1. The number of nitrogens with one attached hydrogen (secondary N) is 2. The van der Waals surface area contributed by atoms with Gasteiger partial charge in [0.1, 0.15) is 0 Å². The summed E-state index contributed by atoms with van der Waals surface area (Å²) in [6.45, 7) is 1.07. The number of carbonyl (C=O) groups excluding carboxylic acids is 3. The number of hydrogen-bond acceptors (Lipinski definition) is 4. The molecule has 1 fully saturated rings. The lowest BCUT2D eigenvalue weighted by atomic mass is 10.1. The molecule has 2 N–H and O–H groups in total. The van der Waals surface area contributed by atoms with Crippen LogP contribution in [-0.2, 0) is 15.3 Å². The van der Waals surface area contributed by atoms with Crippen molar-refractivity contribution < 1.29 is 14.4 Å². The second-order valence-electron chi connectivity index (χ2n) is 6.68.